The van der Waals surface area contributed by atoms with Gasteiger partial charge in [-0.25, -0.2) is 0 Å². The lowest BCUT2D eigenvalue weighted by atomic mass is 10.1. The van der Waals surface area contributed by atoms with Gasteiger partial charge < -0.3 is 4.18 Å². The molecule has 0 aliphatic rings. The Balaban J connectivity index is 2.41. The molecule has 0 unspecified atom stereocenters. The monoisotopic (exact) mass is 276 g/mol. The van der Waals surface area contributed by atoms with Gasteiger partial charge in [0.25, 0.3) is 0 Å². The van der Waals surface area contributed by atoms with Crippen molar-refractivity contribution in [3.63, 3.8) is 0 Å². The van der Waals surface area contributed by atoms with Gasteiger partial charge in [-0.1, -0.05) is 24.3 Å². The molecule has 5 heteroatoms. The highest BCUT2D eigenvalue weighted by Crippen LogP contribution is 2.23. The van der Waals surface area contributed by atoms with Gasteiger partial charge in [0.1, 0.15) is 4.90 Å². The average Bonchev–Trinajstić information content (AvgIpc) is 2.39. The van der Waals surface area contributed by atoms with Crippen LogP contribution < -0.4 is 4.18 Å². The fraction of sp³-hybridized carbons (Fsp3) is 0.0714. The molecule has 0 heterocycles. The molecule has 2 aromatic carbocycles. The van der Waals surface area contributed by atoms with Gasteiger partial charge in [0.2, 0.25) is 0 Å². The largest absolute Gasteiger partial charge is 0.378 e. The molecule has 0 fully saturated rings. The molecule has 0 amide bonds. The van der Waals surface area contributed by atoms with E-state index in [1.54, 1.807) is 31.2 Å². The maximum atomic E-state index is 12.0. The molecule has 0 saturated carbocycles. The van der Waals surface area contributed by atoms with Crippen molar-refractivity contribution in [2.75, 3.05) is 0 Å². The molecule has 2 rings (SSSR count). The van der Waals surface area contributed by atoms with Crippen LogP contribution in [0.1, 0.15) is 15.9 Å². The van der Waals surface area contributed by atoms with E-state index < -0.39 is 10.1 Å². The molecule has 0 atom stereocenters. The first-order chi connectivity index (χ1) is 9.03. The second-order valence-corrected chi connectivity index (χ2v) is 5.56. The summed E-state index contributed by atoms with van der Waals surface area (Å²) >= 11 is 0. The third kappa shape index (κ3) is 3.00. The number of aryl methyl sites for hydroxylation is 1. The van der Waals surface area contributed by atoms with Crippen LogP contribution in [-0.4, -0.2) is 14.7 Å². The molecule has 19 heavy (non-hydrogen) atoms. The van der Waals surface area contributed by atoms with Crippen molar-refractivity contribution in [2.24, 2.45) is 0 Å². The van der Waals surface area contributed by atoms with E-state index in [0.717, 1.165) is 5.56 Å². The molecule has 98 valence electrons. The number of rotatable bonds is 4. The van der Waals surface area contributed by atoms with Gasteiger partial charge >= 0.3 is 10.1 Å². The lowest BCUT2D eigenvalue weighted by Gasteiger charge is -2.09. The second-order valence-electron chi connectivity index (χ2n) is 4.01. The van der Waals surface area contributed by atoms with E-state index in [1.807, 2.05) is 0 Å². The zero-order valence-corrected chi connectivity index (χ0v) is 11.1. The molecular formula is C14H12O4S. The summed E-state index contributed by atoms with van der Waals surface area (Å²) < 4.78 is 29.1. The van der Waals surface area contributed by atoms with Crippen LogP contribution in [0.2, 0.25) is 0 Å². The standard InChI is InChI=1S/C14H12O4S/c1-11-7-8-12(10-15)14(9-11)18-19(16,17)13-5-3-2-4-6-13/h2-10H,1H3. The van der Waals surface area contributed by atoms with Crippen LogP contribution in [-0.2, 0) is 10.1 Å². The SMILES string of the molecule is Cc1ccc(C=O)c(OS(=O)(=O)c2ccccc2)c1. The van der Waals surface area contributed by atoms with Crippen LogP contribution in [0.15, 0.2) is 53.4 Å². The minimum Gasteiger partial charge on any atom is -0.378 e. The molecule has 0 aliphatic carbocycles. The molecule has 0 N–H and O–H groups in total. The normalized spacial score (nSPS) is 11.0. The Hall–Kier alpha value is -2.14. The Bertz CT molecular complexity index is 691. The van der Waals surface area contributed by atoms with Gasteiger partial charge in [-0.3, -0.25) is 4.79 Å². The van der Waals surface area contributed by atoms with Gasteiger partial charge in [-0.2, -0.15) is 8.42 Å². The van der Waals surface area contributed by atoms with Crippen molar-refractivity contribution in [3.05, 3.63) is 59.7 Å². The van der Waals surface area contributed by atoms with Gasteiger partial charge in [0.05, 0.1) is 5.56 Å². The predicted molar refractivity (Wildman–Crippen MR) is 70.8 cm³/mol. The number of carbonyl (C=O) groups is 1. The third-order valence-electron chi connectivity index (χ3n) is 2.53. The summed E-state index contributed by atoms with van der Waals surface area (Å²) in [6.07, 6.45) is 0.565. The van der Waals surface area contributed by atoms with Gasteiger partial charge in [-0.05, 0) is 36.8 Å². The first-order valence-corrected chi connectivity index (χ1v) is 6.99. The van der Waals surface area contributed by atoms with Gasteiger partial charge in [0.15, 0.2) is 12.0 Å². The van der Waals surface area contributed by atoms with Crippen LogP contribution in [0.5, 0.6) is 5.75 Å². The summed E-state index contributed by atoms with van der Waals surface area (Å²) in [6, 6.07) is 12.5. The van der Waals surface area contributed by atoms with Crippen LogP contribution in [0.4, 0.5) is 0 Å². The molecule has 0 spiro atoms. The van der Waals surface area contributed by atoms with Crippen molar-refractivity contribution in [1.29, 1.82) is 0 Å². The van der Waals surface area contributed by atoms with E-state index >= 15 is 0 Å². The Kier molecular flexibility index (Phi) is 3.66. The number of aldehydes is 1. The van der Waals surface area contributed by atoms with E-state index in [4.69, 9.17) is 4.18 Å². The minimum atomic E-state index is -3.92. The van der Waals surface area contributed by atoms with Crippen LogP contribution in [0.3, 0.4) is 0 Å². The quantitative estimate of drug-likeness (QED) is 0.636. The van der Waals surface area contributed by atoms with Crippen molar-refractivity contribution < 1.29 is 17.4 Å². The maximum Gasteiger partial charge on any atom is 0.339 e. The minimum absolute atomic E-state index is 0.0406. The number of hydrogen-bond acceptors (Lipinski definition) is 4. The summed E-state index contributed by atoms with van der Waals surface area (Å²) in [4.78, 5) is 10.9. The Labute approximate surface area is 111 Å². The highest BCUT2D eigenvalue weighted by molar-refractivity contribution is 7.87. The van der Waals surface area contributed by atoms with Crippen molar-refractivity contribution in [2.45, 2.75) is 11.8 Å². The molecule has 2 aromatic rings. The second kappa shape index (κ2) is 5.24. The Morgan fingerprint density at radius 1 is 1.05 bits per heavy atom. The summed E-state index contributed by atoms with van der Waals surface area (Å²) in [5.74, 6) is 0.0406. The van der Waals surface area contributed by atoms with Crippen molar-refractivity contribution >= 4 is 16.4 Å². The Morgan fingerprint density at radius 3 is 2.37 bits per heavy atom. The first-order valence-electron chi connectivity index (χ1n) is 5.58. The fourth-order valence-corrected chi connectivity index (χ4v) is 2.53. The smallest absolute Gasteiger partial charge is 0.339 e. The molecule has 0 aliphatic heterocycles. The molecular weight excluding hydrogens is 264 g/mol. The molecule has 4 nitrogen and oxygen atoms in total. The molecule has 0 aromatic heterocycles. The predicted octanol–water partition coefficient (Wildman–Crippen LogP) is 2.58. The summed E-state index contributed by atoms with van der Waals surface area (Å²) in [5, 5.41) is 0. The maximum absolute atomic E-state index is 12.0. The molecule has 0 radical (unpaired) electrons. The molecule has 0 saturated heterocycles. The van der Waals surface area contributed by atoms with Crippen LogP contribution in [0.25, 0.3) is 0 Å². The summed E-state index contributed by atoms with van der Waals surface area (Å²) in [5.41, 5.74) is 1.01. The van der Waals surface area contributed by atoms with Crippen LogP contribution in [0, 0.1) is 6.92 Å². The summed E-state index contributed by atoms with van der Waals surface area (Å²) in [7, 11) is -3.92. The van der Waals surface area contributed by atoms with Crippen molar-refractivity contribution in [3.8, 4) is 5.75 Å². The van der Waals surface area contributed by atoms with Crippen molar-refractivity contribution in [1.82, 2.24) is 0 Å². The fourth-order valence-electron chi connectivity index (χ4n) is 1.56. The number of carbonyl (C=O) groups excluding carboxylic acids is 1. The van der Waals surface area contributed by atoms with E-state index in [0.29, 0.717) is 6.29 Å². The zero-order valence-electron chi connectivity index (χ0n) is 10.2. The number of hydrogen-bond donors (Lipinski definition) is 0. The average molecular weight is 276 g/mol. The highest BCUT2D eigenvalue weighted by atomic mass is 32.2. The van der Waals surface area contributed by atoms with Gasteiger partial charge in [0, 0.05) is 0 Å². The third-order valence-corrected chi connectivity index (χ3v) is 3.78. The van der Waals surface area contributed by atoms with E-state index in [9.17, 15) is 13.2 Å². The first kappa shape index (κ1) is 13.3. The lowest BCUT2D eigenvalue weighted by Crippen LogP contribution is -2.10. The van der Waals surface area contributed by atoms with E-state index in [2.05, 4.69) is 0 Å². The summed E-state index contributed by atoms with van der Waals surface area (Å²) in [6.45, 7) is 1.79. The van der Waals surface area contributed by atoms with E-state index in [-0.39, 0.29) is 16.2 Å². The highest BCUT2D eigenvalue weighted by Gasteiger charge is 2.18. The Morgan fingerprint density at radius 2 is 1.74 bits per heavy atom. The van der Waals surface area contributed by atoms with Crippen LogP contribution >= 0.6 is 0 Å². The zero-order chi connectivity index (χ0) is 13.9. The lowest BCUT2D eigenvalue weighted by molar-refractivity contribution is 0.112. The van der Waals surface area contributed by atoms with E-state index in [1.165, 1.54) is 24.3 Å². The topological polar surface area (TPSA) is 60.4 Å². The molecule has 0 bridgehead atoms. The number of benzene rings is 2. The van der Waals surface area contributed by atoms with Gasteiger partial charge in [-0.15, -0.1) is 0 Å².